The van der Waals surface area contributed by atoms with Gasteiger partial charge in [0, 0.05) is 10.8 Å². The molecule has 0 saturated carbocycles. The van der Waals surface area contributed by atoms with Crippen molar-refractivity contribution in [2.45, 2.75) is 46.0 Å². The van der Waals surface area contributed by atoms with E-state index in [-0.39, 0.29) is 5.41 Å². The molecule has 0 saturated heterocycles. The molecule has 102 valence electrons. The predicted octanol–water partition coefficient (Wildman–Crippen LogP) is 4.97. The highest BCUT2D eigenvalue weighted by Gasteiger charge is 2.22. The molecule has 0 atom stereocenters. The fourth-order valence-corrected chi connectivity index (χ4v) is 3.00. The number of fused-ring (bicyclic) bond motifs is 1. The van der Waals surface area contributed by atoms with Crippen molar-refractivity contribution in [1.82, 2.24) is 15.0 Å². The second-order valence-electron chi connectivity index (χ2n) is 5.97. The summed E-state index contributed by atoms with van der Waals surface area (Å²) in [6.07, 6.45) is 0. The topological polar surface area (TPSA) is 38.7 Å². The number of rotatable bonds is 1. The first kappa shape index (κ1) is 14.9. The summed E-state index contributed by atoms with van der Waals surface area (Å²) in [5.74, 6) is 1.20. The summed E-state index contributed by atoms with van der Waals surface area (Å²) in [6.45, 7) is 10.7. The summed E-state index contributed by atoms with van der Waals surface area (Å²) < 4.78 is 1.55. The summed E-state index contributed by atoms with van der Waals surface area (Å²) in [4.78, 5) is 13.8. The summed E-state index contributed by atoms with van der Waals surface area (Å²) >= 11 is 6.93. The van der Waals surface area contributed by atoms with Gasteiger partial charge < -0.3 is 0 Å². The molecule has 2 rings (SSSR count). The summed E-state index contributed by atoms with van der Waals surface area (Å²) in [5, 5.41) is 1.05. The summed E-state index contributed by atoms with van der Waals surface area (Å²) in [7, 11) is 0. The lowest BCUT2D eigenvalue weighted by Gasteiger charge is -2.20. The van der Waals surface area contributed by atoms with Gasteiger partial charge in [-0.1, -0.05) is 34.6 Å². The molecule has 0 unspecified atom stereocenters. The van der Waals surface area contributed by atoms with Crippen molar-refractivity contribution in [3.8, 4) is 0 Å². The zero-order valence-electron chi connectivity index (χ0n) is 11.8. The SMILES string of the molecule is CC(C)c1nc(C(C)(C)C)nc2c(Br)nc(Br)cc12. The van der Waals surface area contributed by atoms with Gasteiger partial charge in [0.05, 0.1) is 5.69 Å². The minimum Gasteiger partial charge on any atom is -0.236 e. The number of pyridine rings is 1. The highest BCUT2D eigenvalue weighted by molar-refractivity contribution is 9.11. The smallest absolute Gasteiger partial charge is 0.134 e. The first-order chi connectivity index (χ1) is 8.70. The Labute approximate surface area is 130 Å². The molecule has 3 nitrogen and oxygen atoms in total. The van der Waals surface area contributed by atoms with E-state index in [1.807, 2.05) is 6.07 Å². The van der Waals surface area contributed by atoms with Gasteiger partial charge in [-0.3, -0.25) is 0 Å². The van der Waals surface area contributed by atoms with Crippen molar-refractivity contribution < 1.29 is 0 Å². The van der Waals surface area contributed by atoms with Gasteiger partial charge in [0.2, 0.25) is 0 Å². The molecule has 0 aliphatic rings. The van der Waals surface area contributed by atoms with Crippen LogP contribution in [0.3, 0.4) is 0 Å². The number of nitrogens with zero attached hydrogens (tertiary/aromatic N) is 3. The van der Waals surface area contributed by atoms with E-state index in [1.165, 1.54) is 0 Å². The molecular formula is C14H17Br2N3. The Hall–Kier alpha value is -0.550. The maximum Gasteiger partial charge on any atom is 0.134 e. The lowest BCUT2D eigenvalue weighted by molar-refractivity contribution is 0.542. The van der Waals surface area contributed by atoms with Crippen molar-refractivity contribution in [3.63, 3.8) is 0 Å². The Balaban J connectivity index is 2.88. The highest BCUT2D eigenvalue weighted by Crippen LogP contribution is 2.31. The third kappa shape index (κ3) is 2.97. The van der Waals surface area contributed by atoms with Gasteiger partial charge in [0.15, 0.2) is 0 Å². The molecule has 0 aliphatic carbocycles. The Kier molecular flexibility index (Phi) is 3.98. The van der Waals surface area contributed by atoms with Crippen molar-refractivity contribution in [3.05, 3.63) is 26.8 Å². The van der Waals surface area contributed by atoms with E-state index >= 15 is 0 Å². The van der Waals surface area contributed by atoms with Crippen LogP contribution in [0, 0.1) is 0 Å². The maximum absolute atomic E-state index is 4.77. The molecule has 0 bridgehead atoms. The largest absolute Gasteiger partial charge is 0.236 e. The van der Waals surface area contributed by atoms with Gasteiger partial charge >= 0.3 is 0 Å². The molecular weight excluding hydrogens is 370 g/mol. The standard InChI is InChI=1S/C14H17Br2N3/c1-7(2)10-8-6-9(15)17-12(16)11(8)19-13(18-10)14(3,4)5/h6-7H,1-5H3. The van der Waals surface area contributed by atoms with Crippen LogP contribution in [0.1, 0.15) is 52.1 Å². The van der Waals surface area contributed by atoms with Gasteiger partial charge in [-0.05, 0) is 43.8 Å². The van der Waals surface area contributed by atoms with E-state index in [4.69, 9.17) is 4.98 Å². The zero-order chi connectivity index (χ0) is 14.4. The molecule has 0 radical (unpaired) electrons. The lowest BCUT2D eigenvalue weighted by atomic mass is 9.94. The summed E-state index contributed by atoms with van der Waals surface area (Å²) in [6, 6.07) is 1.99. The number of hydrogen-bond acceptors (Lipinski definition) is 3. The first-order valence-corrected chi connectivity index (χ1v) is 7.83. The third-order valence-corrected chi connectivity index (χ3v) is 3.82. The minimum atomic E-state index is -0.0790. The predicted molar refractivity (Wildman–Crippen MR) is 85.5 cm³/mol. The Morgan fingerprint density at radius 1 is 1.05 bits per heavy atom. The number of hydrogen-bond donors (Lipinski definition) is 0. The third-order valence-electron chi connectivity index (χ3n) is 2.86. The van der Waals surface area contributed by atoms with Crippen LogP contribution in [0.4, 0.5) is 0 Å². The quantitative estimate of drug-likeness (QED) is 0.649. The van der Waals surface area contributed by atoms with Crippen LogP contribution < -0.4 is 0 Å². The van der Waals surface area contributed by atoms with Crippen LogP contribution in [-0.4, -0.2) is 15.0 Å². The first-order valence-electron chi connectivity index (χ1n) is 6.24. The van der Waals surface area contributed by atoms with Gasteiger partial charge in [0.1, 0.15) is 20.5 Å². The van der Waals surface area contributed by atoms with Gasteiger partial charge in [-0.2, -0.15) is 0 Å². The molecule has 0 spiro atoms. The van der Waals surface area contributed by atoms with Crippen molar-refractivity contribution >= 4 is 42.8 Å². The van der Waals surface area contributed by atoms with E-state index in [0.717, 1.165) is 31.6 Å². The van der Waals surface area contributed by atoms with Crippen molar-refractivity contribution in [2.24, 2.45) is 0 Å². The maximum atomic E-state index is 4.77. The molecule has 0 aromatic carbocycles. The minimum absolute atomic E-state index is 0.0790. The Morgan fingerprint density at radius 3 is 2.21 bits per heavy atom. The van der Waals surface area contributed by atoms with Crippen LogP contribution >= 0.6 is 31.9 Å². The van der Waals surface area contributed by atoms with Crippen LogP contribution in [-0.2, 0) is 5.41 Å². The number of halogens is 2. The van der Waals surface area contributed by atoms with E-state index < -0.39 is 0 Å². The molecule has 2 aromatic rings. The second kappa shape index (κ2) is 5.09. The van der Waals surface area contributed by atoms with Crippen LogP contribution in [0.25, 0.3) is 10.9 Å². The number of aromatic nitrogens is 3. The second-order valence-corrected chi connectivity index (χ2v) is 7.53. The Bertz CT molecular complexity index is 631. The van der Waals surface area contributed by atoms with Crippen LogP contribution in [0.2, 0.25) is 0 Å². The van der Waals surface area contributed by atoms with Gasteiger partial charge in [0.25, 0.3) is 0 Å². The average molecular weight is 387 g/mol. The lowest BCUT2D eigenvalue weighted by Crippen LogP contribution is -2.18. The molecule has 2 aromatic heterocycles. The summed E-state index contributed by atoms with van der Waals surface area (Å²) in [5.41, 5.74) is 1.87. The molecule has 2 heterocycles. The van der Waals surface area contributed by atoms with Crippen molar-refractivity contribution in [2.75, 3.05) is 0 Å². The molecule has 0 fully saturated rings. The normalized spacial score (nSPS) is 12.4. The molecule has 0 N–H and O–H groups in total. The fraction of sp³-hybridized carbons (Fsp3) is 0.500. The molecule has 0 amide bonds. The molecule has 19 heavy (non-hydrogen) atoms. The van der Waals surface area contributed by atoms with Crippen molar-refractivity contribution in [1.29, 1.82) is 0 Å². The molecule has 0 aliphatic heterocycles. The van der Waals surface area contributed by atoms with E-state index in [2.05, 4.69) is 76.4 Å². The fourth-order valence-electron chi connectivity index (χ4n) is 1.86. The van der Waals surface area contributed by atoms with Gasteiger partial charge in [-0.15, -0.1) is 0 Å². The van der Waals surface area contributed by atoms with E-state index in [0.29, 0.717) is 5.92 Å². The monoisotopic (exact) mass is 385 g/mol. The Morgan fingerprint density at radius 2 is 1.68 bits per heavy atom. The van der Waals surface area contributed by atoms with Crippen LogP contribution in [0.15, 0.2) is 15.3 Å². The molecule has 5 heteroatoms. The van der Waals surface area contributed by atoms with E-state index in [9.17, 15) is 0 Å². The highest BCUT2D eigenvalue weighted by atomic mass is 79.9. The van der Waals surface area contributed by atoms with Crippen LogP contribution in [0.5, 0.6) is 0 Å². The van der Waals surface area contributed by atoms with Gasteiger partial charge in [-0.25, -0.2) is 15.0 Å². The average Bonchev–Trinajstić information content (AvgIpc) is 2.25. The van der Waals surface area contributed by atoms with E-state index in [1.54, 1.807) is 0 Å². The zero-order valence-corrected chi connectivity index (χ0v) is 14.9.